The van der Waals surface area contributed by atoms with Gasteiger partial charge in [0.2, 0.25) is 0 Å². The quantitative estimate of drug-likeness (QED) is 0.448. The first kappa shape index (κ1) is 21.4. The van der Waals surface area contributed by atoms with Crippen molar-refractivity contribution >= 4 is 28.9 Å². The molecule has 174 valence electrons. The zero-order valence-electron chi connectivity index (χ0n) is 18.2. The van der Waals surface area contributed by atoms with E-state index in [0.29, 0.717) is 54.2 Å². The molecule has 0 radical (unpaired) electrons. The second-order valence-electron chi connectivity index (χ2n) is 8.69. The third kappa shape index (κ3) is 4.04. The van der Waals surface area contributed by atoms with Gasteiger partial charge in [0.05, 0.1) is 12.3 Å². The molecule has 3 aromatic rings. The number of hydrogen-bond acceptors (Lipinski definition) is 7. The molecular weight excluding hydrogens is 429 g/mol. The van der Waals surface area contributed by atoms with Crippen LogP contribution in [-0.2, 0) is 0 Å². The lowest BCUT2D eigenvalue weighted by Crippen LogP contribution is -2.35. The lowest BCUT2D eigenvalue weighted by Gasteiger charge is -2.31. The fourth-order valence-electron chi connectivity index (χ4n) is 4.50. The molecule has 5 rings (SSSR count). The van der Waals surface area contributed by atoms with Crippen LogP contribution in [0.1, 0.15) is 48.5 Å². The summed E-state index contributed by atoms with van der Waals surface area (Å²) < 4.78 is 16.3. The number of alkyl halides is 1. The number of anilines is 3. The van der Waals surface area contributed by atoms with Crippen LogP contribution in [0, 0.1) is 0 Å². The number of fused-ring (bicyclic) bond motifs is 1. The van der Waals surface area contributed by atoms with Gasteiger partial charge in [0, 0.05) is 31.4 Å². The van der Waals surface area contributed by atoms with Gasteiger partial charge >= 0.3 is 0 Å². The van der Waals surface area contributed by atoms with E-state index in [1.54, 1.807) is 36.0 Å². The molecule has 0 aliphatic heterocycles. The zero-order chi connectivity index (χ0) is 23.1. The van der Waals surface area contributed by atoms with E-state index in [-0.39, 0.29) is 23.6 Å². The predicted octanol–water partition coefficient (Wildman–Crippen LogP) is 1.99. The molecule has 2 atom stereocenters. The van der Waals surface area contributed by atoms with E-state index < -0.39 is 12.3 Å². The Morgan fingerprint density at radius 1 is 1.27 bits per heavy atom. The average Bonchev–Trinajstić information content (AvgIpc) is 3.38. The van der Waals surface area contributed by atoms with E-state index in [0.717, 1.165) is 6.42 Å². The van der Waals surface area contributed by atoms with Gasteiger partial charge in [-0.05, 0) is 44.2 Å². The number of carbonyl (C=O) groups is 1. The fourth-order valence-corrected chi connectivity index (χ4v) is 4.50. The third-order valence-electron chi connectivity index (χ3n) is 6.40. The van der Waals surface area contributed by atoms with E-state index in [9.17, 15) is 19.1 Å². The van der Waals surface area contributed by atoms with Crippen molar-refractivity contribution in [3.8, 4) is 0 Å². The van der Waals surface area contributed by atoms with Gasteiger partial charge in [0.1, 0.15) is 29.1 Å². The minimum Gasteiger partial charge on any atom is -0.393 e. The molecular formula is C22H26FN7O3. The average molecular weight is 455 g/mol. The predicted molar refractivity (Wildman–Crippen MR) is 121 cm³/mol. The lowest BCUT2D eigenvalue weighted by atomic mass is 9.90. The summed E-state index contributed by atoms with van der Waals surface area (Å²) in [5.41, 5.74) is 0.680. The van der Waals surface area contributed by atoms with Crippen molar-refractivity contribution in [3.05, 3.63) is 46.5 Å². The van der Waals surface area contributed by atoms with Crippen molar-refractivity contribution in [3.63, 3.8) is 0 Å². The molecule has 2 fully saturated rings. The molecule has 0 spiro atoms. The van der Waals surface area contributed by atoms with E-state index in [1.807, 2.05) is 0 Å². The van der Waals surface area contributed by atoms with E-state index in [1.165, 1.54) is 10.7 Å². The number of halogens is 1. The molecule has 0 saturated heterocycles. The summed E-state index contributed by atoms with van der Waals surface area (Å²) in [6.07, 6.45) is 4.45. The molecule has 0 bridgehead atoms. The van der Waals surface area contributed by atoms with E-state index in [2.05, 4.69) is 26.0 Å². The van der Waals surface area contributed by atoms with Gasteiger partial charge < -0.3 is 25.6 Å². The maximum atomic E-state index is 13.3. The standard InChI is InChI=1S/C22H26FN7O3/c1-24-19-10-18(27-17-3-2-6-29(22(17)33)14-7-12(23)8-14)28-20-16(11-25-30(19)20)21(32)26-13-4-5-15(31)9-13/h2-3,6,10-15,24,31H,4-5,7-9H2,1H3,(H,26,32)(H,27,28)/t12-,13-,14-,15-/m0/s1. The first-order valence-electron chi connectivity index (χ1n) is 11.1. The number of carbonyl (C=O) groups excluding carboxylic acids is 1. The monoisotopic (exact) mass is 455 g/mol. The Labute approximate surface area is 188 Å². The smallest absolute Gasteiger partial charge is 0.274 e. The summed E-state index contributed by atoms with van der Waals surface area (Å²) in [6, 6.07) is 4.83. The number of nitrogens with one attached hydrogen (secondary N) is 3. The SMILES string of the molecule is CNc1cc(Nc2cccn([C@H]3C[C@H](F)C3)c2=O)nc2c(C(=O)N[C@H]3CC[C@H](O)C3)cnn12. The van der Waals surface area contributed by atoms with Crippen LogP contribution in [-0.4, -0.2) is 55.5 Å². The van der Waals surface area contributed by atoms with Gasteiger partial charge in [-0.2, -0.15) is 9.61 Å². The highest BCUT2D eigenvalue weighted by Crippen LogP contribution is 2.33. The molecule has 10 nitrogen and oxygen atoms in total. The summed E-state index contributed by atoms with van der Waals surface area (Å²) >= 11 is 0. The maximum Gasteiger partial charge on any atom is 0.274 e. The highest BCUT2D eigenvalue weighted by atomic mass is 19.1. The van der Waals surface area contributed by atoms with Crippen LogP contribution in [0.15, 0.2) is 35.4 Å². The van der Waals surface area contributed by atoms with Crippen LogP contribution < -0.4 is 21.5 Å². The minimum absolute atomic E-state index is 0.0919. The van der Waals surface area contributed by atoms with E-state index >= 15 is 0 Å². The summed E-state index contributed by atoms with van der Waals surface area (Å²) in [5, 5.41) is 23.0. The van der Waals surface area contributed by atoms with Crippen molar-refractivity contribution in [1.82, 2.24) is 24.5 Å². The Morgan fingerprint density at radius 3 is 2.79 bits per heavy atom. The minimum atomic E-state index is -0.861. The number of pyridine rings is 1. The Bertz CT molecular complexity index is 1250. The second-order valence-corrected chi connectivity index (χ2v) is 8.69. The van der Waals surface area contributed by atoms with Crippen LogP contribution in [0.25, 0.3) is 5.65 Å². The molecule has 33 heavy (non-hydrogen) atoms. The van der Waals surface area contributed by atoms with Gasteiger partial charge in [-0.25, -0.2) is 9.37 Å². The molecule has 11 heteroatoms. The highest BCUT2D eigenvalue weighted by molar-refractivity contribution is 6.00. The molecule has 0 unspecified atom stereocenters. The molecule has 4 N–H and O–H groups in total. The van der Waals surface area contributed by atoms with Crippen molar-refractivity contribution < 1.29 is 14.3 Å². The lowest BCUT2D eigenvalue weighted by molar-refractivity contribution is 0.0935. The number of hydrogen-bond donors (Lipinski definition) is 4. The Kier molecular flexibility index (Phi) is 5.49. The molecule has 3 aromatic heterocycles. The highest BCUT2D eigenvalue weighted by Gasteiger charge is 2.31. The number of rotatable bonds is 6. The van der Waals surface area contributed by atoms with Gasteiger partial charge in [-0.15, -0.1) is 0 Å². The number of aliphatic hydroxyl groups is 1. The van der Waals surface area contributed by atoms with Gasteiger partial charge in [-0.1, -0.05) is 0 Å². The van der Waals surface area contributed by atoms with Gasteiger partial charge in [0.15, 0.2) is 5.65 Å². The van der Waals surface area contributed by atoms with Gasteiger partial charge in [-0.3, -0.25) is 9.59 Å². The fraction of sp³-hybridized carbons (Fsp3) is 0.455. The maximum absolute atomic E-state index is 13.3. The van der Waals surface area contributed by atoms with Crippen molar-refractivity contribution in [2.75, 3.05) is 17.7 Å². The van der Waals surface area contributed by atoms with Crippen molar-refractivity contribution in [1.29, 1.82) is 0 Å². The van der Waals surface area contributed by atoms with Crippen molar-refractivity contribution in [2.24, 2.45) is 0 Å². The van der Waals surface area contributed by atoms with Crippen LogP contribution >= 0.6 is 0 Å². The van der Waals surface area contributed by atoms with E-state index in [4.69, 9.17) is 0 Å². The molecule has 1 amide bonds. The Hall–Kier alpha value is -3.47. The molecule has 2 aliphatic carbocycles. The van der Waals surface area contributed by atoms with Crippen LogP contribution in [0.2, 0.25) is 0 Å². The summed E-state index contributed by atoms with van der Waals surface area (Å²) in [6.45, 7) is 0. The first-order chi connectivity index (χ1) is 15.9. The second kappa shape index (κ2) is 8.47. The summed E-state index contributed by atoms with van der Waals surface area (Å²) in [7, 11) is 1.72. The zero-order valence-corrected chi connectivity index (χ0v) is 18.2. The van der Waals surface area contributed by atoms with Crippen LogP contribution in [0.4, 0.5) is 21.7 Å². The van der Waals surface area contributed by atoms with Crippen LogP contribution in [0.3, 0.4) is 0 Å². The Balaban J connectivity index is 1.44. The normalized spacial score (nSPS) is 24.5. The summed E-state index contributed by atoms with van der Waals surface area (Å²) in [4.78, 5) is 30.3. The number of aromatic nitrogens is 4. The summed E-state index contributed by atoms with van der Waals surface area (Å²) in [5.74, 6) is 0.626. The Morgan fingerprint density at radius 2 is 2.09 bits per heavy atom. The topological polar surface area (TPSA) is 126 Å². The number of nitrogens with zero attached hydrogens (tertiary/aromatic N) is 4. The largest absolute Gasteiger partial charge is 0.393 e. The van der Waals surface area contributed by atoms with Crippen LogP contribution in [0.5, 0.6) is 0 Å². The van der Waals surface area contributed by atoms with Crippen molar-refractivity contribution in [2.45, 2.75) is 56.5 Å². The first-order valence-corrected chi connectivity index (χ1v) is 11.1. The molecule has 0 aromatic carbocycles. The number of aliphatic hydroxyl groups excluding tert-OH is 1. The molecule has 2 saturated carbocycles. The molecule has 2 aliphatic rings. The molecule has 3 heterocycles. The number of amides is 1. The third-order valence-corrected chi connectivity index (χ3v) is 6.40. The van der Waals surface area contributed by atoms with Gasteiger partial charge in [0.25, 0.3) is 11.5 Å².